The minimum atomic E-state index is -0.685. The molecule has 1 aromatic rings. The number of anilines is 1. The molecule has 0 bridgehead atoms. The highest BCUT2D eigenvalue weighted by molar-refractivity contribution is 7.15. The Hall–Kier alpha value is -0.610. The second-order valence-electron chi connectivity index (χ2n) is 6.21. The predicted octanol–water partition coefficient (Wildman–Crippen LogP) is 3.54. The molecule has 3 nitrogen and oxygen atoms in total. The molecule has 0 radical (unpaired) electrons. The lowest BCUT2D eigenvalue weighted by Crippen LogP contribution is -2.35. The Kier molecular flexibility index (Phi) is 3.70. The molecule has 0 atom stereocenters. The van der Waals surface area contributed by atoms with Crippen LogP contribution in [0.5, 0.6) is 0 Å². The molecule has 1 fully saturated rings. The zero-order valence-corrected chi connectivity index (χ0v) is 12.4. The van der Waals surface area contributed by atoms with E-state index in [0.717, 1.165) is 30.6 Å². The Balaban J connectivity index is 2.06. The normalized spacial score (nSPS) is 29.4. The monoisotopic (exact) mass is 268 g/mol. The fourth-order valence-electron chi connectivity index (χ4n) is 2.91. The minimum Gasteiger partial charge on any atom is -0.384 e. The van der Waals surface area contributed by atoms with Crippen molar-refractivity contribution >= 4 is 16.5 Å². The van der Waals surface area contributed by atoms with E-state index in [1.165, 1.54) is 17.8 Å². The van der Waals surface area contributed by atoms with Crippen LogP contribution in [0.15, 0.2) is 6.20 Å². The van der Waals surface area contributed by atoms with Gasteiger partial charge in [-0.1, -0.05) is 38.5 Å². The molecule has 1 aliphatic carbocycles. The first kappa shape index (κ1) is 13.8. The van der Waals surface area contributed by atoms with Gasteiger partial charge in [0.2, 0.25) is 0 Å². The average molecular weight is 268 g/mol. The molecule has 0 aromatic carbocycles. The highest BCUT2D eigenvalue weighted by Gasteiger charge is 2.40. The average Bonchev–Trinajstić information content (AvgIpc) is 2.77. The Morgan fingerprint density at radius 2 is 2.11 bits per heavy atom. The zero-order valence-electron chi connectivity index (χ0n) is 11.6. The highest BCUT2D eigenvalue weighted by atomic mass is 32.1. The van der Waals surface area contributed by atoms with E-state index in [1.807, 2.05) is 0 Å². The van der Waals surface area contributed by atoms with Crippen LogP contribution in [-0.2, 0) is 5.60 Å². The summed E-state index contributed by atoms with van der Waals surface area (Å²) >= 11 is 1.42. The standard InChI is InChI=1S/C14H24N2OS/c1-4-13(2,3)10-5-7-14(17,8-6-10)11-9-16-12(15)18-11/h9-10,17H,4-8H2,1-3H3,(H2,15,16). The molecule has 1 aliphatic rings. The number of rotatable bonds is 3. The van der Waals surface area contributed by atoms with Crippen molar-refractivity contribution in [1.82, 2.24) is 4.98 Å². The van der Waals surface area contributed by atoms with Gasteiger partial charge in [0.05, 0.1) is 4.88 Å². The van der Waals surface area contributed by atoms with Gasteiger partial charge in [0.25, 0.3) is 0 Å². The van der Waals surface area contributed by atoms with Crippen LogP contribution in [0, 0.1) is 11.3 Å². The van der Waals surface area contributed by atoms with Crippen molar-refractivity contribution in [2.75, 3.05) is 5.73 Å². The van der Waals surface area contributed by atoms with Gasteiger partial charge in [-0.2, -0.15) is 0 Å². The number of thiazole rings is 1. The summed E-state index contributed by atoms with van der Waals surface area (Å²) in [5.41, 5.74) is 5.36. The molecule has 0 saturated heterocycles. The predicted molar refractivity (Wildman–Crippen MR) is 76.5 cm³/mol. The number of hydrogen-bond acceptors (Lipinski definition) is 4. The maximum Gasteiger partial charge on any atom is 0.180 e. The Morgan fingerprint density at radius 3 is 2.56 bits per heavy atom. The van der Waals surface area contributed by atoms with Crippen molar-refractivity contribution < 1.29 is 5.11 Å². The van der Waals surface area contributed by atoms with Gasteiger partial charge in [0, 0.05) is 6.20 Å². The van der Waals surface area contributed by atoms with Crippen LogP contribution in [0.4, 0.5) is 5.13 Å². The molecular weight excluding hydrogens is 244 g/mol. The molecule has 0 spiro atoms. The SMILES string of the molecule is CCC(C)(C)C1CCC(O)(c2cnc(N)s2)CC1. The van der Waals surface area contributed by atoms with Crippen LogP contribution in [0.3, 0.4) is 0 Å². The van der Waals surface area contributed by atoms with Gasteiger partial charge >= 0.3 is 0 Å². The second kappa shape index (κ2) is 4.82. The molecule has 4 heteroatoms. The van der Waals surface area contributed by atoms with Crippen LogP contribution < -0.4 is 5.73 Å². The first-order valence-corrected chi connectivity index (χ1v) is 7.63. The van der Waals surface area contributed by atoms with Crippen molar-refractivity contribution in [1.29, 1.82) is 0 Å². The van der Waals surface area contributed by atoms with E-state index in [4.69, 9.17) is 5.73 Å². The van der Waals surface area contributed by atoms with E-state index in [9.17, 15) is 5.11 Å². The van der Waals surface area contributed by atoms with Gasteiger partial charge in [-0.05, 0) is 37.0 Å². The van der Waals surface area contributed by atoms with Gasteiger partial charge in [-0.15, -0.1) is 0 Å². The van der Waals surface area contributed by atoms with E-state index >= 15 is 0 Å². The molecule has 3 N–H and O–H groups in total. The van der Waals surface area contributed by atoms with Gasteiger partial charge in [-0.25, -0.2) is 4.98 Å². The lowest BCUT2D eigenvalue weighted by molar-refractivity contribution is -0.0301. The summed E-state index contributed by atoms with van der Waals surface area (Å²) in [7, 11) is 0. The van der Waals surface area contributed by atoms with Crippen LogP contribution in [0.25, 0.3) is 0 Å². The number of aliphatic hydroxyl groups is 1. The Labute approximate surface area is 113 Å². The molecule has 18 heavy (non-hydrogen) atoms. The van der Waals surface area contributed by atoms with E-state index in [1.54, 1.807) is 6.20 Å². The van der Waals surface area contributed by atoms with Crippen molar-refractivity contribution in [3.63, 3.8) is 0 Å². The fraction of sp³-hybridized carbons (Fsp3) is 0.786. The van der Waals surface area contributed by atoms with Crippen LogP contribution in [-0.4, -0.2) is 10.1 Å². The van der Waals surface area contributed by atoms with Crippen molar-refractivity contribution in [2.24, 2.45) is 11.3 Å². The molecule has 1 heterocycles. The van der Waals surface area contributed by atoms with E-state index < -0.39 is 5.60 Å². The molecule has 0 aliphatic heterocycles. The maximum atomic E-state index is 10.7. The summed E-state index contributed by atoms with van der Waals surface area (Å²) in [6, 6.07) is 0. The Bertz CT molecular complexity index is 406. The lowest BCUT2D eigenvalue weighted by atomic mass is 9.66. The first-order chi connectivity index (χ1) is 8.37. The third-order valence-electron chi connectivity index (χ3n) is 4.81. The summed E-state index contributed by atoms with van der Waals surface area (Å²) in [5.74, 6) is 0.716. The molecule has 0 amide bonds. The molecule has 1 saturated carbocycles. The van der Waals surface area contributed by atoms with Gasteiger partial charge in [0.1, 0.15) is 5.60 Å². The fourth-order valence-corrected chi connectivity index (χ4v) is 3.74. The summed E-state index contributed by atoms with van der Waals surface area (Å²) in [6.07, 6.45) is 6.80. The first-order valence-electron chi connectivity index (χ1n) is 6.81. The zero-order chi connectivity index (χ0) is 13.4. The second-order valence-corrected chi connectivity index (χ2v) is 7.27. The molecule has 102 valence electrons. The number of hydrogen-bond donors (Lipinski definition) is 2. The number of nitrogens with zero attached hydrogens (tertiary/aromatic N) is 1. The van der Waals surface area contributed by atoms with Crippen molar-refractivity contribution in [3.05, 3.63) is 11.1 Å². The highest BCUT2D eigenvalue weighted by Crippen LogP contribution is 2.47. The smallest absolute Gasteiger partial charge is 0.180 e. The third kappa shape index (κ3) is 2.54. The van der Waals surface area contributed by atoms with Crippen LogP contribution in [0.1, 0.15) is 57.8 Å². The van der Waals surface area contributed by atoms with E-state index in [-0.39, 0.29) is 0 Å². The van der Waals surface area contributed by atoms with Crippen molar-refractivity contribution in [2.45, 2.75) is 58.5 Å². The summed E-state index contributed by atoms with van der Waals surface area (Å²) < 4.78 is 0. The summed E-state index contributed by atoms with van der Waals surface area (Å²) in [6.45, 7) is 6.93. The molecule has 0 unspecified atom stereocenters. The van der Waals surface area contributed by atoms with Crippen LogP contribution in [0.2, 0.25) is 0 Å². The topological polar surface area (TPSA) is 59.1 Å². The molecular formula is C14H24N2OS. The van der Waals surface area contributed by atoms with Gasteiger partial charge < -0.3 is 10.8 Å². The third-order valence-corrected chi connectivity index (χ3v) is 5.83. The summed E-state index contributed by atoms with van der Waals surface area (Å²) in [4.78, 5) is 5.00. The van der Waals surface area contributed by atoms with Gasteiger partial charge in [-0.3, -0.25) is 0 Å². The maximum absolute atomic E-state index is 10.7. The van der Waals surface area contributed by atoms with E-state index in [0.29, 0.717) is 16.5 Å². The molecule has 1 aromatic heterocycles. The summed E-state index contributed by atoms with van der Waals surface area (Å²) in [5, 5.41) is 11.3. The molecule has 2 rings (SSSR count). The van der Waals surface area contributed by atoms with Crippen molar-refractivity contribution in [3.8, 4) is 0 Å². The number of aromatic nitrogens is 1. The minimum absolute atomic E-state index is 0.383. The van der Waals surface area contributed by atoms with E-state index in [2.05, 4.69) is 25.8 Å². The quantitative estimate of drug-likeness (QED) is 0.881. The Morgan fingerprint density at radius 1 is 1.50 bits per heavy atom. The lowest BCUT2D eigenvalue weighted by Gasteiger charge is -2.42. The van der Waals surface area contributed by atoms with Gasteiger partial charge in [0.15, 0.2) is 5.13 Å². The number of nitrogen functional groups attached to an aromatic ring is 1. The largest absolute Gasteiger partial charge is 0.384 e. The van der Waals surface area contributed by atoms with Crippen LogP contribution >= 0.6 is 11.3 Å². The number of nitrogens with two attached hydrogens (primary N) is 1.